The van der Waals surface area contributed by atoms with Crippen LogP contribution in [-0.4, -0.2) is 116 Å². The predicted octanol–water partition coefficient (Wildman–Crippen LogP) is -1.06. The van der Waals surface area contributed by atoms with Gasteiger partial charge in [0.1, 0.15) is 9.79 Å². The number of aromatic amines is 1. The summed E-state index contributed by atoms with van der Waals surface area (Å²) >= 11 is 0. The molecule has 3 rings (SSSR count). The largest absolute Gasteiger partial charge is 0.490 e. The number of nitrogens with zero attached hydrogens (tertiary/aromatic N) is 4. The van der Waals surface area contributed by atoms with Gasteiger partial charge in [0.2, 0.25) is 25.9 Å². The smallest absolute Gasteiger partial charge is 0.475 e. The second kappa shape index (κ2) is 16.9. The standard InChI is InChI=1S/C17H29N9O5S2.2C2HF3O2/c18-8-11-2-1-6-26(7-5-11)13-3-4-14(33(30,31)21-10-12(27)9-19)16(32(20,28)29)15(13)17-22-24-25-23-17;2*3-2(4,5)1(6)7/h3-4,11-12,21,27H,1-2,5-10,18-19H2,(H2,20,28,29)(H,22,23,24,25);2*(H,6,7)/t11?,12-;;/m1../s1. The van der Waals surface area contributed by atoms with Gasteiger partial charge < -0.3 is 31.7 Å². The topological polar surface area (TPSA) is 311 Å². The fourth-order valence-electron chi connectivity index (χ4n) is 3.80. The molecule has 0 aliphatic carbocycles. The van der Waals surface area contributed by atoms with Gasteiger partial charge in [-0.2, -0.15) is 31.6 Å². The van der Waals surface area contributed by atoms with Crippen molar-refractivity contribution < 1.29 is 68.1 Å². The molecule has 47 heavy (non-hydrogen) atoms. The molecule has 1 unspecified atom stereocenters. The van der Waals surface area contributed by atoms with Crippen molar-refractivity contribution in [2.24, 2.45) is 22.5 Å². The van der Waals surface area contributed by atoms with E-state index in [1.165, 1.54) is 12.1 Å². The van der Waals surface area contributed by atoms with Crippen molar-refractivity contribution in [3.8, 4) is 11.4 Å². The normalized spacial score (nSPS) is 16.6. The summed E-state index contributed by atoms with van der Waals surface area (Å²) in [6.45, 7) is 1.12. The number of anilines is 1. The summed E-state index contributed by atoms with van der Waals surface area (Å²) in [5, 5.41) is 42.9. The summed E-state index contributed by atoms with van der Waals surface area (Å²) in [5.41, 5.74) is 11.5. The molecule has 11 N–H and O–H groups in total. The molecule has 1 aromatic heterocycles. The Morgan fingerprint density at radius 3 is 2.00 bits per heavy atom. The number of benzene rings is 1. The second-order valence-corrected chi connectivity index (χ2v) is 12.7. The number of carboxylic acids is 2. The van der Waals surface area contributed by atoms with E-state index in [-0.39, 0.29) is 17.9 Å². The number of sulfonamides is 2. The maximum atomic E-state index is 13.0. The number of hydrogen-bond acceptors (Lipinski definition) is 13. The Bertz CT molecular complexity index is 1530. The third-order valence-electron chi connectivity index (χ3n) is 6.03. The summed E-state index contributed by atoms with van der Waals surface area (Å²) in [5.74, 6) is -5.30. The highest BCUT2D eigenvalue weighted by molar-refractivity contribution is 7.92. The number of aliphatic carboxylic acids is 2. The number of aromatic nitrogens is 4. The monoisotopic (exact) mass is 731 g/mol. The number of alkyl halides is 6. The Kier molecular flexibility index (Phi) is 14.9. The number of carbonyl (C=O) groups is 2. The minimum Gasteiger partial charge on any atom is -0.475 e. The van der Waals surface area contributed by atoms with Gasteiger partial charge in [-0.1, -0.05) is 0 Å². The van der Waals surface area contributed by atoms with Crippen LogP contribution in [0.15, 0.2) is 21.9 Å². The fraction of sp³-hybridized carbons (Fsp3) is 0.571. The zero-order chi connectivity index (χ0) is 36.4. The van der Waals surface area contributed by atoms with Gasteiger partial charge in [-0.3, -0.25) is 0 Å². The molecule has 2 aromatic rings. The van der Waals surface area contributed by atoms with E-state index in [2.05, 4.69) is 25.3 Å². The Morgan fingerprint density at radius 1 is 1.02 bits per heavy atom. The molecule has 1 aromatic carbocycles. The molecule has 2 heterocycles. The number of H-pyrrole nitrogens is 1. The van der Waals surface area contributed by atoms with E-state index in [4.69, 9.17) is 36.4 Å². The van der Waals surface area contributed by atoms with Gasteiger partial charge in [0.25, 0.3) is 0 Å². The van der Waals surface area contributed by atoms with Crippen LogP contribution < -0.4 is 26.2 Å². The number of aliphatic hydroxyl groups excluding tert-OH is 1. The number of halogens is 6. The number of tetrazole rings is 1. The minimum absolute atomic E-state index is 0.0697. The number of primary sulfonamides is 1. The van der Waals surface area contributed by atoms with Crippen molar-refractivity contribution in [2.45, 2.75) is 47.5 Å². The average Bonchev–Trinajstić information content (AvgIpc) is 3.39. The molecule has 1 aliphatic rings. The third-order valence-corrected chi connectivity index (χ3v) is 8.62. The molecular formula is C21H31F6N9O9S2. The van der Waals surface area contributed by atoms with Crippen LogP contribution in [0, 0.1) is 5.92 Å². The molecule has 0 spiro atoms. The molecule has 0 amide bonds. The molecular weight excluding hydrogens is 700 g/mol. The highest BCUT2D eigenvalue weighted by atomic mass is 32.2. The SMILES string of the molecule is NCC1CCCN(c2ccc(S(=O)(=O)NC[C@H](O)CN)c(S(N)(=O)=O)c2-c2nn[nH]n2)CC1.O=C(O)C(F)(F)F.O=C(O)C(F)(F)F. The molecule has 1 fully saturated rings. The van der Waals surface area contributed by atoms with Crippen LogP contribution in [0.4, 0.5) is 32.0 Å². The molecule has 26 heteroatoms. The average molecular weight is 732 g/mol. The summed E-state index contributed by atoms with van der Waals surface area (Å²) < 4.78 is 117. The predicted molar refractivity (Wildman–Crippen MR) is 147 cm³/mol. The van der Waals surface area contributed by atoms with E-state index < -0.39 is 66.8 Å². The van der Waals surface area contributed by atoms with Crippen molar-refractivity contribution in [1.82, 2.24) is 25.3 Å². The van der Waals surface area contributed by atoms with Crippen LogP contribution in [0.25, 0.3) is 11.4 Å². The third kappa shape index (κ3) is 12.8. The van der Waals surface area contributed by atoms with E-state index in [1.54, 1.807) is 0 Å². The number of aliphatic hydroxyl groups is 1. The lowest BCUT2D eigenvalue weighted by Crippen LogP contribution is -2.37. The first-order valence-electron chi connectivity index (χ1n) is 12.8. The van der Waals surface area contributed by atoms with E-state index >= 15 is 0 Å². The van der Waals surface area contributed by atoms with Crippen molar-refractivity contribution in [3.63, 3.8) is 0 Å². The number of nitrogens with one attached hydrogen (secondary N) is 2. The van der Waals surface area contributed by atoms with Gasteiger partial charge in [-0.05, 0) is 49.1 Å². The van der Waals surface area contributed by atoms with Crippen LogP contribution in [0.2, 0.25) is 0 Å². The molecule has 1 saturated heterocycles. The van der Waals surface area contributed by atoms with Crippen molar-refractivity contribution >= 4 is 37.7 Å². The number of rotatable bonds is 9. The summed E-state index contributed by atoms with van der Waals surface area (Å²) in [6, 6.07) is 2.66. The molecule has 18 nitrogen and oxygen atoms in total. The highest BCUT2D eigenvalue weighted by Gasteiger charge is 2.39. The molecule has 2 atom stereocenters. The van der Waals surface area contributed by atoms with E-state index in [1.807, 2.05) is 4.90 Å². The minimum atomic E-state index is -5.08. The Balaban J connectivity index is 0.000000658. The maximum absolute atomic E-state index is 13.0. The van der Waals surface area contributed by atoms with Gasteiger partial charge in [0, 0.05) is 31.9 Å². The Hall–Kier alpha value is -3.69. The van der Waals surface area contributed by atoms with Crippen LogP contribution in [0.3, 0.4) is 0 Å². The second-order valence-electron chi connectivity index (χ2n) is 9.43. The summed E-state index contributed by atoms with van der Waals surface area (Å²) in [7, 11) is -8.98. The van der Waals surface area contributed by atoms with Crippen molar-refractivity contribution in [1.29, 1.82) is 0 Å². The highest BCUT2D eigenvalue weighted by Crippen LogP contribution is 2.39. The molecule has 0 radical (unpaired) electrons. The molecule has 268 valence electrons. The first kappa shape index (κ1) is 41.3. The van der Waals surface area contributed by atoms with Gasteiger partial charge in [0.15, 0.2) is 0 Å². The van der Waals surface area contributed by atoms with Gasteiger partial charge >= 0.3 is 24.3 Å². The van der Waals surface area contributed by atoms with Gasteiger partial charge in [-0.25, -0.2) is 36.3 Å². The Morgan fingerprint density at radius 2 is 1.57 bits per heavy atom. The van der Waals surface area contributed by atoms with Gasteiger partial charge in [0.05, 0.1) is 11.7 Å². The maximum Gasteiger partial charge on any atom is 0.490 e. The van der Waals surface area contributed by atoms with Crippen LogP contribution >= 0.6 is 0 Å². The number of carboxylic acid groups (broad SMARTS) is 2. The summed E-state index contributed by atoms with van der Waals surface area (Å²) in [6.07, 6.45) is -8.80. The zero-order valence-corrected chi connectivity index (χ0v) is 25.5. The van der Waals surface area contributed by atoms with E-state index in [0.29, 0.717) is 31.2 Å². The van der Waals surface area contributed by atoms with E-state index in [9.17, 15) is 48.3 Å². The van der Waals surface area contributed by atoms with Crippen LogP contribution in [0.5, 0.6) is 0 Å². The van der Waals surface area contributed by atoms with E-state index in [0.717, 1.165) is 19.3 Å². The van der Waals surface area contributed by atoms with Gasteiger partial charge in [-0.15, -0.1) is 10.2 Å². The number of nitrogens with two attached hydrogens (primary N) is 3. The quantitative estimate of drug-likeness (QED) is 0.143. The molecule has 1 aliphatic heterocycles. The first-order valence-corrected chi connectivity index (χ1v) is 15.9. The molecule has 0 saturated carbocycles. The first-order chi connectivity index (χ1) is 21.5. The fourth-order valence-corrected chi connectivity index (χ4v) is 6.47. The Labute approximate surface area is 262 Å². The molecule has 0 bridgehead atoms. The van der Waals surface area contributed by atoms with Crippen LogP contribution in [0.1, 0.15) is 19.3 Å². The van der Waals surface area contributed by atoms with Crippen molar-refractivity contribution in [3.05, 3.63) is 12.1 Å². The lowest BCUT2D eigenvalue weighted by atomic mass is 10.0. The summed E-state index contributed by atoms with van der Waals surface area (Å²) in [4.78, 5) is 18.5. The lowest BCUT2D eigenvalue weighted by Gasteiger charge is -2.27. The lowest BCUT2D eigenvalue weighted by molar-refractivity contribution is -0.193. The van der Waals surface area contributed by atoms with Crippen molar-refractivity contribution in [2.75, 3.05) is 37.6 Å². The zero-order valence-electron chi connectivity index (χ0n) is 23.9. The van der Waals surface area contributed by atoms with Crippen LogP contribution in [-0.2, 0) is 29.6 Å². The number of hydrogen-bond donors (Lipinski definition) is 8.